The van der Waals surface area contributed by atoms with Gasteiger partial charge in [0.2, 0.25) is 0 Å². The molecule has 1 amide bonds. The molecule has 3 nitrogen and oxygen atoms in total. The van der Waals surface area contributed by atoms with E-state index in [1.165, 1.54) is 12.8 Å². The van der Waals surface area contributed by atoms with E-state index in [4.69, 9.17) is 5.11 Å². The number of rotatable bonds is 4. The van der Waals surface area contributed by atoms with E-state index in [0.717, 1.165) is 12.1 Å². The Morgan fingerprint density at radius 3 is 2.71 bits per heavy atom. The topological polar surface area (TPSA) is 40.5 Å². The molecule has 1 saturated carbocycles. The van der Waals surface area contributed by atoms with Crippen LogP contribution in [-0.4, -0.2) is 35.1 Å². The number of hydrogen-bond donors (Lipinski definition) is 1. The maximum absolute atomic E-state index is 12.8. The number of carbonyl (C=O) groups excluding carboxylic acids is 1. The zero-order valence-corrected chi connectivity index (χ0v) is 13.0. The van der Waals surface area contributed by atoms with E-state index in [2.05, 4.69) is 11.8 Å². The lowest BCUT2D eigenvalue weighted by atomic mass is 10.0. The molecular weight excluding hydrogens is 262 g/mol. The highest BCUT2D eigenvalue weighted by Gasteiger charge is 2.29. The van der Waals surface area contributed by atoms with Gasteiger partial charge in [-0.1, -0.05) is 17.9 Å². The average Bonchev–Trinajstić information content (AvgIpc) is 3.25. The largest absolute Gasteiger partial charge is 0.384 e. The van der Waals surface area contributed by atoms with Crippen molar-refractivity contribution in [2.45, 2.75) is 39.7 Å². The number of aliphatic hydroxyl groups is 1. The Morgan fingerprint density at radius 2 is 2.14 bits per heavy atom. The minimum Gasteiger partial charge on any atom is -0.384 e. The monoisotopic (exact) mass is 285 g/mol. The van der Waals surface area contributed by atoms with Crippen LogP contribution >= 0.6 is 0 Å². The summed E-state index contributed by atoms with van der Waals surface area (Å²) in [5.41, 5.74) is 2.40. The van der Waals surface area contributed by atoms with E-state index in [0.29, 0.717) is 17.0 Å². The van der Waals surface area contributed by atoms with Gasteiger partial charge in [-0.25, -0.2) is 0 Å². The Hall–Kier alpha value is -1.79. The Kier molecular flexibility index (Phi) is 5.03. The van der Waals surface area contributed by atoms with Gasteiger partial charge in [-0.05, 0) is 57.2 Å². The summed E-state index contributed by atoms with van der Waals surface area (Å²) < 4.78 is 0. The van der Waals surface area contributed by atoms with E-state index in [9.17, 15) is 4.79 Å². The van der Waals surface area contributed by atoms with Crippen molar-refractivity contribution in [2.75, 3.05) is 13.2 Å². The summed E-state index contributed by atoms with van der Waals surface area (Å²) in [5.74, 6) is 6.24. The van der Waals surface area contributed by atoms with Gasteiger partial charge < -0.3 is 10.0 Å². The fraction of sp³-hybridized carbons (Fsp3) is 0.500. The van der Waals surface area contributed by atoms with Crippen LogP contribution in [0.1, 0.15) is 48.2 Å². The summed E-state index contributed by atoms with van der Waals surface area (Å²) in [4.78, 5) is 14.8. The molecule has 0 saturated heterocycles. The Morgan fingerprint density at radius 1 is 1.43 bits per heavy atom. The number of aryl methyl sites for hydroxylation is 1. The molecule has 1 aliphatic carbocycles. The molecule has 0 aliphatic heterocycles. The van der Waals surface area contributed by atoms with Gasteiger partial charge in [-0.2, -0.15) is 0 Å². The predicted octanol–water partition coefficient (Wildman–Crippen LogP) is 2.60. The molecule has 1 N–H and O–H groups in total. The van der Waals surface area contributed by atoms with Gasteiger partial charge in [0.1, 0.15) is 6.61 Å². The number of amides is 1. The molecule has 112 valence electrons. The third kappa shape index (κ3) is 4.09. The van der Waals surface area contributed by atoms with E-state index in [-0.39, 0.29) is 18.6 Å². The molecule has 1 fully saturated rings. The number of carbonyl (C=O) groups is 1. The summed E-state index contributed by atoms with van der Waals surface area (Å²) in [7, 11) is 0. The standard InChI is InChI=1S/C18H23NO2/c1-13(2)19(12-15-7-8-15)18(21)17-9-6-14(3)11-16(17)5-4-10-20/h6,9,11,13,15,20H,7-8,10,12H2,1-3H3. The molecule has 0 heterocycles. The van der Waals surface area contributed by atoms with Gasteiger partial charge in [-0.15, -0.1) is 0 Å². The minimum absolute atomic E-state index is 0.0409. The smallest absolute Gasteiger partial charge is 0.255 e. The molecule has 0 unspecified atom stereocenters. The van der Waals surface area contributed by atoms with Gasteiger partial charge >= 0.3 is 0 Å². The molecular formula is C18H23NO2. The summed E-state index contributed by atoms with van der Waals surface area (Å²) in [6, 6.07) is 5.87. The normalized spacial score (nSPS) is 13.8. The summed E-state index contributed by atoms with van der Waals surface area (Å²) >= 11 is 0. The van der Waals surface area contributed by atoms with Gasteiger partial charge in [0, 0.05) is 18.2 Å². The van der Waals surface area contributed by atoms with Crippen LogP contribution in [0.25, 0.3) is 0 Å². The van der Waals surface area contributed by atoms with Crippen molar-refractivity contribution < 1.29 is 9.90 Å². The second kappa shape index (κ2) is 6.78. The highest BCUT2D eigenvalue weighted by atomic mass is 16.2. The van der Waals surface area contributed by atoms with E-state index in [1.54, 1.807) is 0 Å². The highest BCUT2D eigenvalue weighted by molar-refractivity contribution is 5.97. The molecule has 0 spiro atoms. The zero-order chi connectivity index (χ0) is 15.4. The maximum atomic E-state index is 12.8. The van der Waals surface area contributed by atoms with Crippen molar-refractivity contribution in [1.82, 2.24) is 4.90 Å². The molecule has 0 atom stereocenters. The van der Waals surface area contributed by atoms with Crippen LogP contribution in [0.3, 0.4) is 0 Å². The average molecular weight is 285 g/mol. The minimum atomic E-state index is -0.197. The van der Waals surface area contributed by atoms with Gasteiger partial charge in [0.05, 0.1) is 5.56 Å². The van der Waals surface area contributed by atoms with Crippen LogP contribution in [0.15, 0.2) is 18.2 Å². The number of hydrogen-bond acceptors (Lipinski definition) is 2. The molecule has 0 aromatic heterocycles. The molecule has 0 bridgehead atoms. The predicted molar refractivity (Wildman–Crippen MR) is 84.0 cm³/mol. The first kappa shape index (κ1) is 15.6. The van der Waals surface area contributed by atoms with Gasteiger partial charge in [-0.3, -0.25) is 4.79 Å². The number of benzene rings is 1. The van der Waals surface area contributed by atoms with Crippen molar-refractivity contribution in [1.29, 1.82) is 0 Å². The fourth-order valence-corrected chi connectivity index (χ4v) is 2.34. The molecule has 1 aromatic carbocycles. The molecule has 21 heavy (non-hydrogen) atoms. The highest BCUT2D eigenvalue weighted by Crippen LogP contribution is 2.31. The SMILES string of the molecule is Cc1ccc(C(=O)N(CC2CC2)C(C)C)c(C#CCO)c1. The lowest BCUT2D eigenvalue weighted by Gasteiger charge is -2.27. The summed E-state index contributed by atoms with van der Waals surface area (Å²) in [6.45, 7) is 6.71. The van der Waals surface area contributed by atoms with Gasteiger partial charge in [0.25, 0.3) is 5.91 Å². The van der Waals surface area contributed by atoms with E-state index >= 15 is 0 Å². The zero-order valence-electron chi connectivity index (χ0n) is 13.0. The van der Waals surface area contributed by atoms with Crippen molar-refractivity contribution in [3.05, 3.63) is 34.9 Å². The van der Waals surface area contributed by atoms with Gasteiger partial charge in [0.15, 0.2) is 0 Å². The van der Waals surface area contributed by atoms with Crippen LogP contribution in [0.5, 0.6) is 0 Å². The fourth-order valence-electron chi connectivity index (χ4n) is 2.34. The van der Waals surface area contributed by atoms with E-state index in [1.807, 2.05) is 43.9 Å². The Labute approximate surface area is 127 Å². The lowest BCUT2D eigenvalue weighted by molar-refractivity contribution is 0.0696. The van der Waals surface area contributed by atoms with Crippen molar-refractivity contribution >= 4 is 5.91 Å². The van der Waals surface area contributed by atoms with Crippen LogP contribution < -0.4 is 0 Å². The molecule has 1 aromatic rings. The van der Waals surface area contributed by atoms with Crippen LogP contribution in [0.4, 0.5) is 0 Å². The Bertz CT molecular complexity index is 577. The third-order valence-electron chi connectivity index (χ3n) is 3.74. The summed E-state index contributed by atoms with van der Waals surface area (Å²) in [5, 5.41) is 8.88. The lowest BCUT2D eigenvalue weighted by Crippen LogP contribution is -2.38. The maximum Gasteiger partial charge on any atom is 0.255 e. The molecule has 3 heteroatoms. The molecule has 2 rings (SSSR count). The number of nitrogens with zero attached hydrogens (tertiary/aromatic N) is 1. The quantitative estimate of drug-likeness (QED) is 0.864. The first-order valence-electron chi connectivity index (χ1n) is 7.54. The number of aliphatic hydroxyl groups excluding tert-OH is 1. The molecule has 1 aliphatic rings. The first-order chi connectivity index (χ1) is 10.0. The van der Waals surface area contributed by atoms with Crippen LogP contribution in [0, 0.1) is 24.7 Å². The Balaban J connectivity index is 2.31. The second-order valence-corrected chi connectivity index (χ2v) is 6.00. The van der Waals surface area contributed by atoms with Crippen LogP contribution in [-0.2, 0) is 0 Å². The van der Waals surface area contributed by atoms with Crippen molar-refractivity contribution in [3.63, 3.8) is 0 Å². The summed E-state index contributed by atoms with van der Waals surface area (Å²) in [6.07, 6.45) is 2.45. The molecule has 0 radical (unpaired) electrons. The van der Waals surface area contributed by atoms with E-state index < -0.39 is 0 Å². The van der Waals surface area contributed by atoms with Crippen molar-refractivity contribution in [2.24, 2.45) is 5.92 Å². The van der Waals surface area contributed by atoms with Crippen LogP contribution in [0.2, 0.25) is 0 Å². The van der Waals surface area contributed by atoms with Crippen molar-refractivity contribution in [3.8, 4) is 11.8 Å². The first-order valence-corrected chi connectivity index (χ1v) is 7.54. The second-order valence-electron chi connectivity index (χ2n) is 6.00. The third-order valence-corrected chi connectivity index (χ3v) is 3.74.